The van der Waals surface area contributed by atoms with Gasteiger partial charge in [-0.05, 0) is 73.0 Å². The van der Waals surface area contributed by atoms with Gasteiger partial charge >= 0.3 is 12.1 Å². The minimum atomic E-state index is -5.11. The molecule has 0 aliphatic carbocycles. The maximum absolute atomic E-state index is 14.9. The third-order valence-electron chi connectivity index (χ3n) is 17.6. The lowest BCUT2D eigenvalue weighted by molar-refractivity contribution is -0.148. The van der Waals surface area contributed by atoms with E-state index >= 15 is 0 Å². The number of carbonyl (C=O) groups excluding carboxylic acids is 9. The molecule has 1 aliphatic rings. The number of ether oxygens (including phenoxy) is 6. The summed E-state index contributed by atoms with van der Waals surface area (Å²) in [6.07, 6.45) is -1.60. The molecule has 5 unspecified atom stereocenters. The van der Waals surface area contributed by atoms with Gasteiger partial charge in [0.05, 0.1) is 69.9 Å². The number of aliphatic hydroxyl groups is 1. The summed E-state index contributed by atoms with van der Waals surface area (Å²) in [6, 6.07) is 5.53. The minimum Gasteiger partial charge on any atom is -0.444 e. The zero-order valence-electron chi connectivity index (χ0n) is 59.9. The molecule has 1 saturated heterocycles. The zero-order valence-corrected chi connectivity index (χ0v) is 60.7. The standard InChI is InChI=1S/C67H108N12O19S/c1-15-43(8)59(52(93-13)37-55(82)79-29-20-24-50(79)61(94-14)45(10)51(80)35-44(9)60(83)46-21-17-16-18-22-46)77(11)65(87)57(41(4)5)75-64(86)58(42(6)7)78(12)67(89)98-38-47-25-26-48(36-53(47)99(90,91)92)72-62(84)49(23-19-27-70-66(68)88)73-63(85)56(40(2)3)74-54(81)39-97-34-33-96-32-31-95-30-28-71-76-69/h16-18,21-22,25-26,36,40-45,49-50,52,56-61,69,83H,15,19-20,23-24,27-35,37-39H2,1-14H3,(H7-,68,70,72,73,74,75,81,84,85,86,88,90,91,92)/p+1/t43?,44-,45-,49-,50-,52?,56?,57-,58?,59?,60+,61+/m0/s1. The molecule has 556 valence electrons. The highest BCUT2D eigenvalue weighted by Gasteiger charge is 2.44. The number of benzene rings is 2. The fraction of sp³-hybridized carbons (Fsp3) is 0.687. The van der Waals surface area contributed by atoms with Crippen molar-refractivity contribution >= 4 is 69.2 Å². The van der Waals surface area contributed by atoms with Crippen molar-refractivity contribution < 1.29 is 89.6 Å². The molecule has 1 fully saturated rings. The Morgan fingerprint density at radius 1 is 0.778 bits per heavy atom. The molecule has 9 amide bonds. The minimum absolute atomic E-state index is 0.00264. The number of anilines is 1. The summed E-state index contributed by atoms with van der Waals surface area (Å²) in [4.78, 5) is 130. The molecule has 99 heavy (non-hydrogen) atoms. The highest BCUT2D eigenvalue weighted by atomic mass is 32.2. The van der Waals surface area contributed by atoms with Gasteiger partial charge in [-0.3, -0.25) is 43.0 Å². The highest BCUT2D eigenvalue weighted by Crippen LogP contribution is 2.33. The van der Waals surface area contributed by atoms with Crippen LogP contribution in [0.5, 0.6) is 0 Å². The number of ketones is 1. The van der Waals surface area contributed by atoms with Crippen molar-refractivity contribution in [2.24, 2.45) is 46.4 Å². The van der Waals surface area contributed by atoms with Crippen molar-refractivity contribution in [3.63, 3.8) is 0 Å². The lowest BCUT2D eigenvalue weighted by Crippen LogP contribution is -2.60. The monoisotopic (exact) mass is 1420 g/mol. The Morgan fingerprint density at radius 3 is 1.99 bits per heavy atom. The van der Waals surface area contributed by atoms with E-state index in [1.165, 1.54) is 32.2 Å². The van der Waals surface area contributed by atoms with Crippen molar-refractivity contribution in [3.8, 4) is 0 Å². The molecule has 2 aromatic carbocycles. The van der Waals surface area contributed by atoms with Gasteiger partial charge in [-0.1, -0.05) is 112 Å². The van der Waals surface area contributed by atoms with Crippen LogP contribution >= 0.6 is 0 Å². The number of aliphatic hydroxyl groups excluding tert-OH is 1. The van der Waals surface area contributed by atoms with Crippen LogP contribution in [0.25, 0.3) is 0 Å². The Morgan fingerprint density at radius 2 is 1.41 bits per heavy atom. The van der Waals surface area contributed by atoms with E-state index in [0.717, 1.165) is 17.0 Å². The summed E-state index contributed by atoms with van der Waals surface area (Å²) in [5, 5.41) is 27.5. The van der Waals surface area contributed by atoms with Crippen molar-refractivity contribution in [1.29, 1.82) is 5.53 Å². The van der Waals surface area contributed by atoms with Crippen molar-refractivity contribution in [1.82, 2.24) is 40.9 Å². The molecule has 32 heteroatoms. The molecule has 10 N–H and O–H groups in total. The van der Waals surface area contributed by atoms with Crippen LogP contribution in [0.1, 0.15) is 131 Å². The van der Waals surface area contributed by atoms with Crippen molar-refractivity contribution in [3.05, 3.63) is 59.7 Å². The average Bonchev–Trinajstić information content (AvgIpc) is 1.74. The zero-order chi connectivity index (χ0) is 74.3. The van der Waals surface area contributed by atoms with Gasteiger partial charge in [-0.2, -0.15) is 8.42 Å². The Balaban J connectivity index is 1.76. The summed E-state index contributed by atoms with van der Waals surface area (Å²) in [6.45, 7) is 18.0. The first kappa shape index (κ1) is 85.7. The number of nitrogens with zero attached hydrogens (tertiary/aromatic N) is 5. The predicted molar refractivity (Wildman–Crippen MR) is 365 cm³/mol. The average molecular weight is 1420 g/mol. The van der Waals surface area contributed by atoms with Crippen LogP contribution < -0.4 is 37.2 Å². The number of hydrogen-bond acceptors (Lipinski definition) is 20. The molecule has 1 aliphatic heterocycles. The predicted octanol–water partition coefficient (Wildman–Crippen LogP) is 4.53. The molecule has 31 nitrogen and oxygen atoms in total. The lowest BCUT2D eigenvalue weighted by Gasteiger charge is -2.41. The number of primary amides is 1. The largest absolute Gasteiger partial charge is 0.444 e. The molecule has 0 bridgehead atoms. The molecule has 12 atom stereocenters. The fourth-order valence-corrected chi connectivity index (χ4v) is 12.7. The Labute approximate surface area is 582 Å². The van der Waals surface area contributed by atoms with Crippen molar-refractivity contribution in [2.45, 2.75) is 180 Å². The van der Waals surface area contributed by atoms with E-state index in [1.54, 1.807) is 60.4 Å². The number of carbonyl (C=O) groups is 9. The quantitative estimate of drug-likeness (QED) is 0.0190. The second kappa shape index (κ2) is 43.2. The number of likely N-dealkylation sites (tertiary alicyclic amines) is 1. The molecule has 0 radical (unpaired) electrons. The molecule has 3 rings (SSSR count). The van der Waals surface area contributed by atoms with E-state index in [0.29, 0.717) is 31.4 Å². The van der Waals surface area contributed by atoms with E-state index in [4.69, 9.17) is 39.7 Å². The van der Waals surface area contributed by atoms with Crippen LogP contribution in [-0.4, -0.2) is 222 Å². The van der Waals surface area contributed by atoms with Crippen LogP contribution in [0.2, 0.25) is 0 Å². The number of methoxy groups -OCH3 is 2. The third-order valence-corrected chi connectivity index (χ3v) is 18.5. The van der Waals surface area contributed by atoms with Crippen LogP contribution in [0, 0.1) is 41.0 Å². The summed E-state index contributed by atoms with van der Waals surface area (Å²) >= 11 is 0. The number of likely N-dealkylation sites (N-methyl/N-ethyl adjacent to an activating group) is 2. The SMILES string of the molecule is CCC(C)C(C(CC(=O)N1CCC[C@H]1[C@H](OC)[C@@H](C)C(=O)C[C@H](C)[C@@H](O)c1ccccc1)OC)N(C)C(=O)[C@@H](NC(=O)C(C(C)C)N(C)C(=O)OCc1ccc(NC(=O)[C@H](CCCNC(N)=O)NC(=O)C(NC(=O)COCCOCCOCCN=[N+]=N)C(C)C)cc1S(=O)(=O)O)C(C)C. The summed E-state index contributed by atoms with van der Waals surface area (Å²) in [5.74, 6) is -6.68. The smallest absolute Gasteiger partial charge is 0.410 e. The number of urea groups is 1. The van der Waals surface area contributed by atoms with Gasteiger partial charge in [0, 0.05) is 65.0 Å². The third kappa shape index (κ3) is 27.5. The Bertz CT molecular complexity index is 3100. The van der Waals surface area contributed by atoms with Gasteiger partial charge in [0.2, 0.25) is 40.4 Å². The van der Waals surface area contributed by atoms with Gasteiger partial charge in [0.1, 0.15) is 65.2 Å². The molecular formula is C67H109N12O19S+. The number of hydrogen-bond donors (Lipinski definition) is 9. The van der Waals surface area contributed by atoms with E-state index in [9.17, 15) is 61.2 Å². The maximum Gasteiger partial charge on any atom is 0.410 e. The number of amides is 9. The second-order valence-electron chi connectivity index (χ2n) is 26.0. The van der Waals surface area contributed by atoms with Gasteiger partial charge < -0.3 is 75.6 Å². The van der Waals surface area contributed by atoms with Gasteiger partial charge in [-0.25, -0.2) is 9.59 Å². The number of nitrogens with two attached hydrogens (primary N) is 1. The molecule has 1 heterocycles. The van der Waals surface area contributed by atoms with Crippen LogP contribution in [-0.2, 0) is 78.7 Å². The van der Waals surface area contributed by atoms with E-state index in [-0.39, 0.29) is 107 Å². The summed E-state index contributed by atoms with van der Waals surface area (Å²) in [7, 11) is 0.751. The van der Waals surface area contributed by atoms with Crippen molar-refractivity contribution in [2.75, 3.05) is 92.9 Å². The number of Topliss-reactive ketones (excluding diaryl/α,β-unsaturated/α-hetero) is 1. The lowest BCUT2D eigenvalue weighted by atomic mass is 9.85. The van der Waals surface area contributed by atoms with Gasteiger partial charge in [-0.15, -0.1) is 0 Å². The van der Waals surface area contributed by atoms with Gasteiger partial charge in [0.25, 0.3) is 10.1 Å². The number of rotatable bonds is 45. The normalized spacial score (nSPS) is 16.5. The van der Waals surface area contributed by atoms with E-state index in [1.807, 2.05) is 51.1 Å². The molecule has 0 aromatic heterocycles. The summed E-state index contributed by atoms with van der Waals surface area (Å²) < 4.78 is 70.0. The first-order valence-corrected chi connectivity index (χ1v) is 35.1. The van der Waals surface area contributed by atoms with E-state index < -0.39 is 148 Å². The number of nitrogens with one attached hydrogen (secondary N) is 6. The van der Waals surface area contributed by atoms with Crippen LogP contribution in [0.4, 0.5) is 15.3 Å². The first-order chi connectivity index (χ1) is 46.7. The second-order valence-corrected chi connectivity index (χ2v) is 27.4. The summed E-state index contributed by atoms with van der Waals surface area (Å²) in [5.41, 5.74) is 12.1. The molecule has 2 aromatic rings. The Hall–Kier alpha value is -7.55. The maximum atomic E-state index is 14.9. The molecule has 0 saturated carbocycles. The van der Waals surface area contributed by atoms with Crippen LogP contribution in [0.15, 0.2) is 58.5 Å². The fourth-order valence-electron chi connectivity index (χ4n) is 12.0. The first-order valence-electron chi connectivity index (χ1n) is 33.6. The van der Waals surface area contributed by atoms with E-state index in [2.05, 4.69) is 36.6 Å². The molecule has 0 spiro atoms. The Kier molecular flexibility index (Phi) is 37.4. The topological polar surface area (TPSA) is 430 Å². The van der Waals surface area contributed by atoms with Gasteiger partial charge in [0.15, 0.2) is 0 Å². The highest BCUT2D eigenvalue weighted by molar-refractivity contribution is 7.85. The van der Waals surface area contributed by atoms with Crippen LogP contribution in [0.3, 0.4) is 0 Å². The molecular weight excluding hydrogens is 1310 g/mol.